The summed E-state index contributed by atoms with van der Waals surface area (Å²) >= 11 is 0. The topological polar surface area (TPSA) is 26.0 Å². The molecule has 1 fully saturated rings. The molecule has 1 aliphatic rings. The molecule has 0 spiro atoms. The zero-order chi connectivity index (χ0) is 14.0. The molecule has 1 rings (SSSR count). The first-order valence-electron chi connectivity index (χ1n) is 6.01. The van der Waals surface area contributed by atoms with Gasteiger partial charge in [0, 0.05) is 6.04 Å². The average molecular weight is 277 g/mol. The Bertz CT molecular complexity index is 239. The van der Waals surface area contributed by atoms with Crippen molar-refractivity contribution in [3.63, 3.8) is 0 Å². The van der Waals surface area contributed by atoms with Crippen molar-refractivity contribution >= 4 is 0 Å². The third kappa shape index (κ3) is 4.33. The number of halogens is 6. The van der Waals surface area contributed by atoms with Crippen molar-refractivity contribution in [3.8, 4) is 0 Å². The van der Waals surface area contributed by atoms with E-state index in [1.165, 1.54) is 0 Å². The molecule has 1 aliphatic carbocycles. The third-order valence-electron chi connectivity index (χ3n) is 3.52. The van der Waals surface area contributed by atoms with E-state index in [0.717, 1.165) is 25.7 Å². The maximum Gasteiger partial charge on any atom is 0.401 e. The minimum absolute atomic E-state index is 0.228. The first-order chi connectivity index (χ1) is 8.12. The van der Waals surface area contributed by atoms with Crippen LogP contribution in [0.1, 0.15) is 38.5 Å². The summed E-state index contributed by atoms with van der Waals surface area (Å²) in [7, 11) is 0. The van der Waals surface area contributed by atoms with Crippen molar-refractivity contribution in [2.75, 3.05) is 0 Å². The Kier molecular flexibility index (Phi) is 4.91. The lowest BCUT2D eigenvalue weighted by Crippen LogP contribution is -2.48. The van der Waals surface area contributed by atoms with Gasteiger partial charge in [-0.15, -0.1) is 0 Å². The van der Waals surface area contributed by atoms with Gasteiger partial charge in [0.2, 0.25) is 0 Å². The molecule has 0 saturated heterocycles. The molecule has 1 atom stereocenters. The summed E-state index contributed by atoms with van der Waals surface area (Å²) in [6.45, 7) is 0. The molecule has 0 aromatic carbocycles. The molecule has 0 heterocycles. The number of alkyl halides is 6. The molecule has 0 aliphatic heterocycles. The molecule has 7 heteroatoms. The highest BCUT2D eigenvalue weighted by Gasteiger charge is 2.59. The summed E-state index contributed by atoms with van der Waals surface area (Å²) in [6.07, 6.45) is -6.76. The molecule has 0 bridgehead atoms. The Balaban J connectivity index is 2.56. The van der Waals surface area contributed by atoms with Crippen molar-refractivity contribution in [1.82, 2.24) is 0 Å². The van der Waals surface area contributed by atoms with E-state index in [9.17, 15) is 26.3 Å². The molecule has 108 valence electrons. The van der Waals surface area contributed by atoms with Crippen LogP contribution < -0.4 is 5.73 Å². The van der Waals surface area contributed by atoms with Crippen molar-refractivity contribution in [3.05, 3.63) is 0 Å². The molecule has 18 heavy (non-hydrogen) atoms. The van der Waals surface area contributed by atoms with E-state index in [4.69, 9.17) is 5.73 Å². The van der Waals surface area contributed by atoms with Gasteiger partial charge in [0.25, 0.3) is 0 Å². The lowest BCUT2D eigenvalue weighted by Gasteiger charge is -2.28. The lowest BCUT2D eigenvalue weighted by atomic mass is 9.91. The van der Waals surface area contributed by atoms with Crippen LogP contribution in [-0.4, -0.2) is 18.4 Å². The largest absolute Gasteiger partial charge is 0.401 e. The number of hydrogen-bond acceptors (Lipinski definition) is 1. The summed E-state index contributed by atoms with van der Waals surface area (Å²) in [6, 6.07) is -1.90. The fourth-order valence-corrected chi connectivity index (χ4v) is 2.56. The Morgan fingerprint density at radius 2 is 1.39 bits per heavy atom. The molecular formula is C11H17F6N. The Morgan fingerprint density at radius 1 is 0.944 bits per heavy atom. The first kappa shape index (κ1) is 15.6. The van der Waals surface area contributed by atoms with Crippen LogP contribution in [-0.2, 0) is 0 Å². The summed E-state index contributed by atoms with van der Waals surface area (Å²) < 4.78 is 74.2. The van der Waals surface area contributed by atoms with E-state index >= 15 is 0 Å². The van der Waals surface area contributed by atoms with Crippen LogP contribution in [0.3, 0.4) is 0 Å². The van der Waals surface area contributed by atoms with Gasteiger partial charge in [-0.2, -0.15) is 26.3 Å². The van der Waals surface area contributed by atoms with Gasteiger partial charge in [0.1, 0.15) is 0 Å². The van der Waals surface area contributed by atoms with E-state index in [1.807, 2.05) is 0 Å². The second-order valence-electron chi connectivity index (χ2n) is 4.95. The van der Waals surface area contributed by atoms with Gasteiger partial charge in [0.05, 0.1) is 0 Å². The van der Waals surface area contributed by atoms with Crippen molar-refractivity contribution in [1.29, 1.82) is 0 Å². The fraction of sp³-hybridized carbons (Fsp3) is 1.00. The van der Waals surface area contributed by atoms with Crippen molar-refractivity contribution in [2.45, 2.75) is 56.9 Å². The number of rotatable bonds is 4. The van der Waals surface area contributed by atoms with Crippen LogP contribution in [0.4, 0.5) is 26.3 Å². The average Bonchev–Trinajstić information content (AvgIpc) is 2.61. The van der Waals surface area contributed by atoms with Gasteiger partial charge in [-0.1, -0.05) is 25.7 Å². The summed E-state index contributed by atoms with van der Waals surface area (Å²) in [5.41, 5.74) is 5.13. The maximum absolute atomic E-state index is 12.4. The van der Waals surface area contributed by atoms with Gasteiger partial charge in [-0.05, 0) is 18.8 Å². The third-order valence-corrected chi connectivity index (χ3v) is 3.52. The van der Waals surface area contributed by atoms with Gasteiger partial charge in [0.15, 0.2) is 5.92 Å². The van der Waals surface area contributed by atoms with Crippen LogP contribution in [0.2, 0.25) is 0 Å². The van der Waals surface area contributed by atoms with Gasteiger partial charge in [-0.25, -0.2) is 0 Å². The van der Waals surface area contributed by atoms with Crippen LogP contribution in [0.25, 0.3) is 0 Å². The zero-order valence-electron chi connectivity index (χ0n) is 9.82. The predicted octanol–water partition coefficient (Wildman–Crippen LogP) is 4.02. The Hall–Kier alpha value is -0.460. The second-order valence-corrected chi connectivity index (χ2v) is 4.95. The highest BCUT2D eigenvalue weighted by Crippen LogP contribution is 2.42. The van der Waals surface area contributed by atoms with Crippen LogP contribution in [0.5, 0.6) is 0 Å². The van der Waals surface area contributed by atoms with Crippen LogP contribution in [0, 0.1) is 11.8 Å². The number of nitrogens with two attached hydrogens (primary N) is 1. The first-order valence-corrected chi connectivity index (χ1v) is 6.01. The van der Waals surface area contributed by atoms with Crippen LogP contribution in [0.15, 0.2) is 0 Å². The van der Waals surface area contributed by atoms with Gasteiger partial charge >= 0.3 is 12.4 Å². The molecule has 1 nitrogen and oxygen atoms in total. The summed E-state index contributed by atoms with van der Waals surface area (Å²) in [5.74, 6) is -3.18. The van der Waals surface area contributed by atoms with E-state index < -0.39 is 24.3 Å². The predicted molar refractivity (Wildman–Crippen MR) is 54.8 cm³/mol. The molecular weight excluding hydrogens is 260 g/mol. The summed E-state index contributed by atoms with van der Waals surface area (Å²) in [5, 5.41) is 0. The SMILES string of the molecule is NC(CCC1CCCC1)C(C(F)(F)F)C(F)(F)F. The van der Waals surface area contributed by atoms with Crippen LogP contribution >= 0.6 is 0 Å². The highest BCUT2D eigenvalue weighted by molar-refractivity contribution is 4.85. The van der Waals surface area contributed by atoms with Crippen molar-refractivity contribution in [2.24, 2.45) is 17.6 Å². The van der Waals surface area contributed by atoms with Crippen molar-refractivity contribution < 1.29 is 26.3 Å². The molecule has 0 aromatic rings. The van der Waals surface area contributed by atoms with E-state index in [2.05, 4.69) is 0 Å². The van der Waals surface area contributed by atoms with Gasteiger partial charge < -0.3 is 5.73 Å². The normalized spacial score (nSPS) is 20.7. The minimum Gasteiger partial charge on any atom is -0.327 e. The smallest absolute Gasteiger partial charge is 0.327 e. The Labute approximate surface area is 102 Å². The lowest BCUT2D eigenvalue weighted by molar-refractivity contribution is -0.289. The highest BCUT2D eigenvalue weighted by atomic mass is 19.4. The zero-order valence-corrected chi connectivity index (χ0v) is 9.82. The molecule has 0 amide bonds. The standard InChI is InChI=1S/C11H17F6N/c12-10(13,14)9(11(15,16)17)8(18)6-5-7-3-1-2-4-7/h7-9H,1-6,18H2. The Morgan fingerprint density at radius 3 is 1.78 bits per heavy atom. The van der Waals surface area contributed by atoms with Gasteiger partial charge in [-0.3, -0.25) is 0 Å². The molecule has 1 saturated carbocycles. The quantitative estimate of drug-likeness (QED) is 0.771. The molecule has 0 radical (unpaired) electrons. The monoisotopic (exact) mass is 277 g/mol. The molecule has 0 aromatic heterocycles. The minimum atomic E-state index is -5.33. The van der Waals surface area contributed by atoms with E-state index in [0.29, 0.717) is 6.42 Å². The summed E-state index contributed by atoms with van der Waals surface area (Å²) in [4.78, 5) is 0. The van der Waals surface area contributed by atoms with E-state index in [-0.39, 0.29) is 12.3 Å². The molecule has 2 N–H and O–H groups in total. The second kappa shape index (κ2) is 5.67. The van der Waals surface area contributed by atoms with E-state index in [1.54, 1.807) is 0 Å². The maximum atomic E-state index is 12.4. The number of hydrogen-bond donors (Lipinski definition) is 1. The fourth-order valence-electron chi connectivity index (χ4n) is 2.56. The molecule has 1 unspecified atom stereocenters.